The highest BCUT2D eigenvalue weighted by Crippen LogP contribution is 2.22. The smallest absolute Gasteiger partial charge is 0.323 e. The summed E-state index contributed by atoms with van der Waals surface area (Å²) in [5, 5.41) is 8.64. The molecular weight excluding hydrogens is 251 g/mol. The van der Waals surface area contributed by atoms with E-state index in [9.17, 15) is 14.0 Å². The molecule has 6 heteroatoms. The predicted octanol–water partition coefficient (Wildman–Crippen LogP) is 1.95. The number of carbonyl (C=O) groups is 2. The lowest BCUT2D eigenvalue weighted by molar-refractivity contribution is -0.137. The van der Waals surface area contributed by atoms with Gasteiger partial charge in [0.05, 0.1) is 6.04 Å². The number of amides is 2. The summed E-state index contributed by atoms with van der Waals surface area (Å²) in [6.07, 6.45) is 0. The van der Waals surface area contributed by atoms with E-state index in [1.807, 2.05) is 0 Å². The number of rotatable bonds is 4. The number of hydrogen-bond acceptors (Lipinski definition) is 2. The van der Waals surface area contributed by atoms with E-state index >= 15 is 0 Å². The molecular formula is C13H17FN2O3. The largest absolute Gasteiger partial charge is 0.480 e. The number of nitrogens with zero attached hydrogens (tertiary/aromatic N) is 2. The minimum absolute atomic E-state index is 0.391. The number of halogens is 1. The van der Waals surface area contributed by atoms with Crippen molar-refractivity contribution in [3.8, 4) is 0 Å². The Morgan fingerprint density at radius 1 is 1.32 bits per heavy atom. The number of carboxylic acids is 1. The Kier molecular flexibility index (Phi) is 4.86. The highest BCUT2D eigenvalue weighted by molar-refractivity contribution is 5.80. The van der Waals surface area contributed by atoms with Gasteiger partial charge in [0.1, 0.15) is 12.4 Å². The van der Waals surface area contributed by atoms with Crippen molar-refractivity contribution in [1.82, 2.24) is 9.80 Å². The third kappa shape index (κ3) is 3.67. The molecule has 0 fully saturated rings. The molecule has 0 aromatic heterocycles. The van der Waals surface area contributed by atoms with Gasteiger partial charge in [-0.15, -0.1) is 0 Å². The standard InChI is InChI=1S/C13H17FN2O3/c1-9(10-6-4-5-7-11(10)14)16(3)13(19)15(2)8-12(17)18/h4-7,9H,8H2,1-3H3,(H,17,18). The fourth-order valence-electron chi connectivity index (χ4n) is 1.73. The van der Waals surface area contributed by atoms with Gasteiger partial charge in [-0.25, -0.2) is 9.18 Å². The number of carboxylic acid groups (broad SMARTS) is 1. The number of hydrogen-bond donors (Lipinski definition) is 1. The minimum atomic E-state index is -1.09. The van der Waals surface area contributed by atoms with Crippen LogP contribution in [-0.4, -0.2) is 47.5 Å². The van der Waals surface area contributed by atoms with Crippen LogP contribution in [-0.2, 0) is 4.79 Å². The van der Waals surface area contributed by atoms with E-state index in [2.05, 4.69) is 0 Å². The number of carbonyl (C=O) groups excluding carboxylic acids is 1. The molecule has 0 aliphatic heterocycles. The van der Waals surface area contributed by atoms with E-state index in [1.165, 1.54) is 25.1 Å². The first-order valence-electron chi connectivity index (χ1n) is 5.78. The van der Waals surface area contributed by atoms with Crippen molar-refractivity contribution in [2.24, 2.45) is 0 Å². The zero-order valence-corrected chi connectivity index (χ0v) is 11.1. The number of likely N-dealkylation sites (N-methyl/N-ethyl adjacent to an activating group) is 1. The van der Waals surface area contributed by atoms with Crippen LogP contribution < -0.4 is 0 Å². The maximum absolute atomic E-state index is 13.6. The van der Waals surface area contributed by atoms with Gasteiger partial charge in [0.2, 0.25) is 0 Å². The van der Waals surface area contributed by atoms with Crippen molar-refractivity contribution in [3.05, 3.63) is 35.6 Å². The molecule has 0 saturated carbocycles. The fraction of sp³-hybridized carbons (Fsp3) is 0.385. The second-order valence-electron chi connectivity index (χ2n) is 4.34. The number of urea groups is 1. The number of aliphatic carboxylic acids is 1. The fourth-order valence-corrected chi connectivity index (χ4v) is 1.73. The van der Waals surface area contributed by atoms with Crippen LogP contribution in [0.1, 0.15) is 18.5 Å². The molecule has 0 radical (unpaired) electrons. The lowest BCUT2D eigenvalue weighted by Gasteiger charge is -2.29. The van der Waals surface area contributed by atoms with E-state index in [0.717, 1.165) is 4.90 Å². The van der Waals surface area contributed by atoms with Crippen molar-refractivity contribution < 1.29 is 19.1 Å². The monoisotopic (exact) mass is 268 g/mol. The zero-order valence-electron chi connectivity index (χ0n) is 11.1. The maximum Gasteiger partial charge on any atom is 0.323 e. The van der Waals surface area contributed by atoms with Crippen LogP contribution in [0.5, 0.6) is 0 Å². The van der Waals surface area contributed by atoms with Crippen molar-refractivity contribution in [2.75, 3.05) is 20.6 Å². The Balaban J connectivity index is 2.82. The number of benzene rings is 1. The van der Waals surface area contributed by atoms with Crippen LogP contribution in [0.3, 0.4) is 0 Å². The summed E-state index contributed by atoms with van der Waals surface area (Å²) in [4.78, 5) is 24.9. The van der Waals surface area contributed by atoms with Gasteiger partial charge in [0.25, 0.3) is 0 Å². The van der Waals surface area contributed by atoms with Crippen LogP contribution >= 0.6 is 0 Å². The molecule has 1 unspecified atom stereocenters. The topological polar surface area (TPSA) is 60.9 Å². The van der Waals surface area contributed by atoms with Crippen LogP contribution in [0.25, 0.3) is 0 Å². The highest BCUT2D eigenvalue weighted by atomic mass is 19.1. The molecule has 0 saturated heterocycles. The molecule has 104 valence electrons. The quantitative estimate of drug-likeness (QED) is 0.908. The van der Waals surface area contributed by atoms with E-state index in [-0.39, 0.29) is 0 Å². The van der Waals surface area contributed by atoms with Crippen molar-refractivity contribution >= 4 is 12.0 Å². The Morgan fingerprint density at radius 2 is 1.89 bits per heavy atom. The van der Waals surface area contributed by atoms with Gasteiger partial charge in [-0.1, -0.05) is 18.2 Å². The molecule has 0 aliphatic carbocycles. The van der Waals surface area contributed by atoms with E-state index in [1.54, 1.807) is 25.1 Å². The summed E-state index contributed by atoms with van der Waals surface area (Å²) in [5.74, 6) is -1.49. The average Bonchev–Trinajstić information content (AvgIpc) is 2.36. The Hall–Kier alpha value is -2.11. The van der Waals surface area contributed by atoms with Gasteiger partial charge in [0, 0.05) is 19.7 Å². The molecule has 1 rings (SSSR count). The SMILES string of the molecule is CC(c1ccccc1F)N(C)C(=O)N(C)CC(=O)O. The van der Waals surface area contributed by atoms with Gasteiger partial charge >= 0.3 is 12.0 Å². The Morgan fingerprint density at radius 3 is 2.42 bits per heavy atom. The molecule has 1 aromatic carbocycles. The predicted molar refractivity (Wildman–Crippen MR) is 68.2 cm³/mol. The van der Waals surface area contributed by atoms with Crippen LogP contribution in [0, 0.1) is 5.82 Å². The van der Waals surface area contributed by atoms with E-state index in [4.69, 9.17) is 5.11 Å². The minimum Gasteiger partial charge on any atom is -0.480 e. The molecule has 0 spiro atoms. The highest BCUT2D eigenvalue weighted by Gasteiger charge is 2.23. The Labute approximate surface area is 111 Å². The van der Waals surface area contributed by atoms with Crippen molar-refractivity contribution in [3.63, 3.8) is 0 Å². The summed E-state index contributed by atoms with van der Waals surface area (Å²) in [5.41, 5.74) is 0.391. The van der Waals surface area contributed by atoms with Crippen molar-refractivity contribution in [1.29, 1.82) is 0 Å². The van der Waals surface area contributed by atoms with E-state index < -0.39 is 30.4 Å². The summed E-state index contributed by atoms with van der Waals surface area (Å²) < 4.78 is 13.6. The summed E-state index contributed by atoms with van der Waals surface area (Å²) in [6, 6.07) is 5.23. The Bertz CT molecular complexity index is 479. The van der Waals surface area contributed by atoms with Crippen molar-refractivity contribution in [2.45, 2.75) is 13.0 Å². The molecule has 2 amide bonds. The van der Waals surface area contributed by atoms with Crippen LogP contribution in [0.2, 0.25) is 0 Å². The molecule has 1 aromatic rings. The van der Waals surface area contributed by atoms with Gasteiger partial charge in [-0.05, 0) is 13.0 Å². The van der Waals surface area contributed by atoms with Gasteiger partial charge in [-0.2, -0.15) is 0 Å². The third-order valence-corrected chi connectivity index (χ3v) is 2.94. The van der Waals surface area contributed by atoms with E-state index in [0.29, 0.717) is 5.56 Å². The summed E-state index contributed by atoms with van der Waals surface area (Å²) >= 11 is 0. The summed E-state index contributed by atoms with van der Waals surface area (Å²) in [6.45, 7) is 1.29. The molecule has 0 bridgehead atoms. The molecule has 0 aliphatic rings. The lowest BCUT2D eigenvalue weighted by Crippen LogP contribution is -2.42. The third-order valence-electron chi connectivity index (χ3n) is 2.94. The van der Waals surface area contributed by atoms with Gasteiger partial charge in [0.15, 0.2) is 0 Å². The zero-order chi connectivity index (χ0) is 14.6. The average molecular weight is 268 g/mol. The van der Waals surface area contributed by atoms with Crippen LogP contribution in [0.15, 0.2) is 24.3 Å². The first kappa shape index (κ1) is 14.9. The molecule has 1 N–H and O–H groups in total. The maximum atomic E-state index is 13.6. The second kappa shape index (κ2) is 6.17. The van der Waals surface area contributed by atoms with Gasteiger partial charge in [-0.3, -0.25) is 4.79 Å². The van der Waals surface area contributed by atoms with Crippen LogP contribution in [0.4, 0.5) is 9.18 Å². The molecule has 19 heavy (non-hydrogen) atoms. The first-order chi connectivity index (χ1) is 8.84. The second-order valence-corrected chi connectivity index (χ2v) is 4.34. The molecule has 5 nitrogen and oxygen atoms in total. The molecule has 1 atom stereocenters. The first-order valence-corrected chi connectivity index (χ1v) is 5.78. The van der Waals surface area contributed by atoms with Gasteiger partial charge < -0.3 is 14.9 Å². The molecule has 0 heterocycles. The summed E-state index contributed by atoms with van der Waals surface area (Å²) in [7, 11) is 2.90. The normalized spacial score (nSPS) is 11.8. The lowest BCUT2D eigenvalue weighted by atomic mass is 10.1.